The number of nitrogens with zero attached hydrogens (tertiary/aromatic N) is 2. The second-order valence-electron chi connectivity index (χ2n) is 5.16. The maximum absolute atomic E-state index is 4.60. The van der Waals surface area contributed by atoms with Crippen LogP contribution in [-0.2, 0) is 6.42 Å². The second-order valence-corrected chi connectivity index (χ2v) is 6.68. The van der Waals surface area contributed by atoms with Crippen molar-refractivity contribution < 1.29 is 0 Å². The van der Waals surface area contributed by atoms with Crippen LogP contribution in [0, 0.1) is 6.92 Å². The van der Waals surface area contributed by atoms with Crippen molar-refractivity contribution in [2.45, 2.75) is 45.8 Å². The van der Waals surface area contributed by atoms with Crippen molar-refractivity contribution in [2.75, 3.05) is 30.0 Å². The fraction of sp³-hybridized carbons (Fsp3) is 0.714. The molecule has 0 fully saturated rings. The summed E-state index contributed by atoms with van der Waals surface area (Å²) in [6.07, 6.45) is 2.98. The van der Waals surface area contributed by atoms with E-state index in [-0.39, 0.29) is 4.75 Å². The van der Waals surface area contributed by atoms with E-state index in [2.05, 4.69) is 61.5 Å². The van der Waals surface area contributed by atoms with Crippen molar-refractivity contribution in [3.8, 4) is 0 Å². The van der Waals surface area contributed by atoms with E-state index in [9.17, 15) is 0 Å². The van der Waals surface area contributed by atoms with Crippen molar-refractivity contribution in [1.29, 1.82) is 0 Å². The van der Waals surface area contributed by atoms with Gasteiger partial charge in [-0.1, -0.05) is 6.92 Å². The summed E-state index contributed by atoms with van der Waals surface area (Å²) < 4.78 is 0.197. The van der Waals surface area contributed by atoms with E-state index in [0.717, 1.165) is 42.5 Å². The van der Waals surface area contributed by atoms with Crippen LogP contribution in [0.2, 0.25) is 0 Å². The van der Waals surface area contributed by atoms with Gasteiger partial charge in [-0.2, -0.15) is 11.8 Å². The summed E-state index contributed by atoms with van der Waals surface area (Å²) in [7, 11) is 0. The number of aryl methyl sites for hydroxylation is 1. The third-order valence-electron chi connectivity index (χ3n) is 3.09. The summed E-state index contributed by atoms with van der Waals surface area (Å²) in [6, 6.07) is 0. The van der Waals surface area contributed by atoms with E-state index in [0.29, 0.717) is 0 Å². The fourth-order valence-electron chi connectivity index (χ4n) is 1.60. The summed E-state index contributed by atoms with van der Waals surface area (Å²) in [5, 5.41) is 6.77. The Morgan fingerprint density at radius 3 is 2.16 bits per heavy atom. The van der Waals surface area contributed by atoms with E-state index < -0.39 is 0 Å². The molecule has 0 atom stereocenters. The fourth-order valence-corrected chi connectivity index (χ4v) is 1.82. The molecule has 0 aliphatic carbocycles. The van der Waals surface area contributed by atoms with Crippen LogP contribution >= 0.6 is 11.8 Å². The van der Waals surface area contributed by atoms with Gasteiger partial charge >= 0.3 is 0 Å². The summed E-state index contributed by atoms with van der Waals surface area (Å²) in [5.41, 5.74) is 1.09. The average Bonchev–Trinajstić information content (AvgIpc) is 2.40. The largest absolute Gasteiger partial charge is 0.370 e. The van der Waals surface area contributed by atoms with Crippen molar-refractivity contribution in [3.63, 3.8) is 0 Å². The van der Waals surface area contributed by atoms with Gasteiger partial charge in [0.15, 0.2) is 0 Å². The van der Waals surface area contributed by atoms with Crippen molar-refractivity contribution >= 4 is 23.4 Å². The van der Waals surface area contributed by atoms with E-state index in [1.165, 1.54) is 0 Å². The first-order chi connectivity index (χ1) is 8.93. The Bertz CT molecular complexity index is 418. The lowest BCUT2D eigenvalue weighted by molar-refractivity contribution is 0.747. The molecular formula is C14H26N4S. The van der Waals surface area contributed by atoms with Gasteiger partial charge in [0.05, 0.1) is 0 Å². The van der Waals surface area contributed by atoms with Gasteiger partial charge in [-0.15, -0.1) is 0 Å². The van der Waals surface area contributed by atoms with Gasteiger partial charge in [-0.3, -0.25) is 0 Å². The standard InChI is InChI=1S/C14H26N4S/c1-7-11-17-12(15-8-2)10(3)13(18-11)16-9-14(4,5)19-6/h7-9H2,1-6H3,(H2,15,16,17,18). The molecule has 0 aliphatic heterocycles. The Hall–Kier alpha value is -0.970. The molecule has 0 saturated heterocycles. The molecule has 0 spiro atoms. The topological polar surface area (TPSA) is 49.8 Å². The molecule has 1 aromatic heterocycles. The second kappa shape index (κ2) is 6.98. The van der Waals surface area contributed by atoms with E-state index in [1.807, 2.05) is 11.8 Å². The SMILES string of the molecule is CCNc1nc(CC)nc(NCC(C)(C)SC)c1C. The van der Waals surface area contributed by atoms with Gasteiger partial charge in [0.1, 0.15) is 17.5 Å². The van der Waals surface area contributed by atoms with Crippen molar-refractivity contribution in [2.24, 2.45) is 0 Å². The zero-order chi connectivity index (χ0) is 14.5. The highest BCUT2D eigenvalue weighted by Crippen LogP contribution is 2.24. The van der Waals surface area contributed by atoms with E-state index in [1.54, 1.807) is 0 Å². The molecule has 4 nitrogen and oxygen atoms in total. The quantitative estimate of drug-likeness (QED) is 0.803. The molecule has 0 amide bonds. The highest BCUT2D eigenvalue weighted by Gasteiger charge is 2.17. The van der Waals surface area contributed by atoms with Gasteiger partial charge in [0.2, 0.25) is 0 Å². The molecule has 0 aromatic carbocycles. The number of aromatic nitrogens is 2. The molecule has 1 rings (SSSR count). The molecule has 2 N–H and O–H groups in total. The number of hydrogen-bond donors (Lipinski definition) is 2. The lowest BCUT2D eigenvalue weighted by Crippen LogP contribution is -2.27. The highest BCUT2D eigenvalue weighted by atomic mass is 32.2. The minimum Gasteiger partial charge on any atom is -0.370 e. The maximum Gasteiger partial charge on any atom is 0.134 e. The molecule has 108 valence electrons. The number of thioether (sulfide) groups is 1. The Labute approximate surface area is 121 Å². The molecule has 0 radical (unpaired) electrons. The summed E-state index contributed by atoms with van der Waals surface area (Å²) in [6.45, 7) is 12.4. The Kier molecular flexibility index (Phi) is 5.91. The van der Waals surface area contributed by atoms with E-state index >= 15 is 0 Å². The molecule has 0 saturated carbocycles. The Morgan fingerprint density at radius 1 is 1.11 bits per heavy atom. The van der Waals surface area contributed by atoms with Crippen LogP contribution < -0.4 is 10.6 Å². The lowest BCUT2D eigenvalue weighted by atomic mass is 10.2. The number of anilines is 2. The van der Waals surface area contributed by atoms with Crippen LogP contribution in [-0.4, -0.2) is 34.1 Å². The van der Waals surface area contributed by atoms with Crippen molar-refractivity contribution in [3.05, 3.63) is 11.4 Å². The molecule has 0 bridgehead atoms. The van der Waals surface area contributed by atoms with Crippen LogP contribution in [0.1, 0.15) is 39.1 Å². The van der Waals surface area contributed by atoms with Crippen LogP contribution in [0.15, 0.2) is 0 Å². The van der Waals surface area contributed by atoms with Crippen LogP contribution in [0.25, 0.3) is 0 Å². The Balaban J connectivity index is 2.95. The Morgan fingerprint density at radius 2 is 1.68 bits per heavy atom. The first kappa shape index (κ1) is 16.1. The predicted octanol–water partition coefficient (Wildman–Crippen LogP) is 3.33. The number of rotatable bonds is 7. The minimum absolute atomic E-state index is 0.197. The molecule has 1 heterocycles. The van der Waals surface area contributed by atoms with Gasteiger partial charge in [-0.25, -0.2) is 9.97 Å². The zero-order valence-corrected chi connectivity index (χ0v) is 13.7. The van der Waals surface area contributed by atoms with Gasteiger partial charge in [0, 0.05) is 29.8 Å². The zero-order valence-electron chi connectivity index (χ0n) is 12.9. The molecule has 19 heavy (non-hydrogen) atoms. The first-order valence-corrected chi connectivity index (χ1v) is 8.06. The van der Waals surface area contributed by atoms with Gasteiger partial charge in [0.25, 0.3) is 0 Å². The third-order valence-corrected chi connectivity index (χ3v) is 4.34. The highest BCUT2D eigenvalue weighted by molar-refractivity contribution is 7.99. The molecule has 0 aliphatic rings. The molecule has 5 heteroatoms. The first-order valence-electron chi connectivity index (χ1n) is 6.84. The lowest BCUT2D eigenvalue weighted by Gasteiger charge is -2.23. The van der Waals surface area contributed by atoms with Gasteiger partial charge in [-0.05, 0) is 34.0 Å². The van der Waals surface area contributed by atoms with Gasteiger partial charge < -0.3 is 10.6 Å². The maximum atomic E-state index is 4.60. The summed E-state index contributed by atoms with van der Waals surface area (Å²) in [5.74, 6) is 2.77. The number of hydrogen-bond acceptors (Lipinski definition) is 5. The smallest absolute Gasteiger partial charge is 0.134 e. The van der Waals surface area contributed by atoms with Crippen LogP contribution in [0.5, 0.6) is 0 Å². The van der Waals surface area contributed by atoms with Crippen molar-refractivity contribution in [1.82, 2.24) is 9.97 Å². The summed E-state index contributed by atoms with van der Waals surface area (Å²) >= 11 is 1.86. The third kappa shape index (κ3) is 4.56. The predicted molar refractivity (Wildman–Crippen MR) is 86.4 cm³/mol. The monoisotopic (exact) mass is 282 g/mol. The number of nitrogens with one attached hydrogen (secondary N) is 2. The van der Waals surface area contributed by atoms with E-state index in [4.69, 9.17) is 0 Å². The van der Waals surface area contributed by atoms with Crippen LogP contribution in [0.3, 0.4) is 0 Å². The normalized spacial score (nSPS) is 11.5. The molecule has 0 unspecified atom stereocenters. The van der Waals surface area contributed by atoms with Crippen LogP contribution in [0.4, 0.5) is 11.6 Å². The molecule has 1 aromatic rings. The molecular weight excluding hydrogens is 256 g/mol. The summed E-state index contributed by atoms with van der Waals surface area (Å²) in [4.78, 5) is 9.14. The minimum atomic E-state index is 0.197. The average molecular weight is 282 g/mol.